The number of carbonyl (C=O) groups excluding carboxylic acids is 2. The molecule has 0 spiro atoms. The summed E-state index contributed by atoms with van der Waals surface area (Å²) >= 11 is 1.34. The van der Waals surface area contributed by atoms with Gasteiger partial charge in [-0.15, -0.1) is 11.3 Å². The number of hydrogen-bond donors (Lipinski definition) is 1. The second-order valence-electron chi connectivity index (χ2n) is 9.40. The maximum atomic E-state index is 14.0. The third-order valence-corrected chi connectivity index (χ3v) is 7.67. The average molecular weight is 581 g/mol. The zero-order valence-electron chi connectivity index (χ0n) is 24.0. The zero-order valence-corrected chi connectivity index (χ0v) is 24.8. The summed E-state index contributed by atoms with van der Waals surface area (Å²) in [6, 6.07) is 24.5. The van der Waals surface area contributed by atoms with Crippen molar-refractivity contribution in [2.24, 2.45) is 0 Å². The molecule has 7 nitrogen and oxygen atoms in total. The zero-order chi connectivity index (χ0) is 29.6. The highest BCUT2D eigenvalue weighted by molar-refractivity contribution is 7.17. The standard InChI is InChI=1S/C34H32N2O5S/c1-5-39-24-17-15-22(16-18-24)30-21(4)42-33(31(30)34(38)41-7-3)36-32(37)27-20-29(35-28-14-9-8-13-26(27)28)23-11-10-12-25(19-23)40-6-2/h8-20H,5-7H2,1-4H3,(H,36,37). The lowest BCUT2D eigenvalue weighted by Crippen LogP contribution is -2.15. The van der Waals surface area contributed by atoms with Gasteiger partial charge in [0.15, 0.2) is 0 Å². The number of rotatable bonds is 10. The van der Waals surface area contributed by atoms with E-state index in [0.29, 0.717) is 45.9 Å². The Balaban J connectivity index is 1.57. The van der Waals surface area contributed by atoms with E-state index in [1.165, 1.54) is 11.3 Å². The molecule has 0 bridgehead atoms. The van der Waals surface area contributed by atoms with E-state index in [-0.39, 0.29) is 12.5 Å². The van der Waals surface area contributed by atoms with Crippen LogP contribution >= 0.6 is 11.3 Å². The van der Waals surface area contributed by atoms with Crippen molar-refractivity contribution in [3.63, 3.8) is 0 Å². The molecular weight excluding hydrogens is 548 g/mol. The fourth-order valence-corrected chi connectivity index (χ4v) is 5.92. The smallest absolute Gasteiger partial charge is 0.341 e. The van der Waals surface area contributed by atoms with Gasteiger partial charge in [0.1, 0.15) is 22.1 Å². The van der Waals surface area contributed by atoms with Crippen molar-refractivity contribution < 1.29 is 23.8 Å². The van der Waals surface area contributed by atoms with Crippen LogP contribution in [-0.2, 0) is 4.74 Å². The number of nitrogens with zero attached hydrogens (tertiary/aromatic N) is 1. The van der Waals surface area contributed by atoms with Gasteiger partial charge >= 0.3 is 5.97 Å². The third-order valence-electron chi connectivity index (χ3n) is 6.65. The number of carbonyl (C=O) groups is 2. The highest BCUT2D eigenvalue weighted by Gasteiger charge is 2.26. The summed E-state index contributed by atoms with van der Waals surface area (Å²) in [5, 5.41) is 4.17. The summed E-state index contributed by atoms with van der Waals surface area (Å²) in [7, 11) is 0. The van der Waals surface area contributed by atoms with Gasteiger partial charge < -0.3 is 19.5 Å². The maximum absolute atomic E-state index is 14.0. The van der Waals surface area contributed by atoms with Crippen LogP contribution in [0.4, 0.5) is 5.00 Å². The Morgan fingerprint density at radius 3 is 2.29 bits per heavy atom. The molecule has 0 atom stereocenters. The van der Waals surface area contributed by atoms with Crippen LogP contribution in [0, 0.1) is 6.92 Å². The predicted octanol–water partition coefficient (Wildman–Crippen LogP) is 8.17. The monoisotopic (exact) mass is 580 g/mol. The van der Waals surface area contributed by atoms with Crippen molar-refractivity contribution in [3.8, 4) is 33.9 Å². The first-order chi connectivity index (χ1) is 20.4. The lowest BCUT2D eigenvalue weighted by molar-refractivity contribution is 0.0529. The first-order valence-corrected chi connectivity index (χ1v) is 14.7. The van der Waals surface area contributed by atoms with Crippen molar-refractivity contribution >= 4 is 39.1 Å². The Morgan fingerprint density at radius 2 is 1.55 bits per heavy atom. The molecular formula is C34H32N2O5S. The number of esters is 1. The summed E-state index contributed by atoms with van der Waals surface area (Å²) in [6.07, 6.45) is 0. The number of anilines is 1. The van der Waals surface area contributed by atoms with Gasteiger partial charge in [0.05, 0.1) is 36.6 Å². The van der Waals surface area contributed by atoms with Crippen molar-refractivity contribution in [3.05, 3.63) is 94.9 Å². The van der Waals surface area contributed by atoms with Crippen molar-refractivity contribution in [2.45, 2.75) is 27.7 Å². The van der Waals surface area contributed by atoms with E-state index in [2.05, 4.69) is 5.32 Å². The number of ether oxygens (including phenoxy) is 3. The molecule has 8 heteroatoms. The van der Waals surface area contributed by atoms with Crippen LogP contribution in [0.2, 0.25) is 0 Å². The van der Waals surface area contributed by atoms with Gasteiger partial charge in [-0.05, 0) is 69.7 Å². The summed E-state index contributed by atoms with van der Waals surface area (Å²) in [6.45, 7) is 8.87. The first kappa shape index (κ1) is 28.8. The van der Waals surface area contributed by atoms with Gasteiger partial charge in [-0.1, -0.05) is 42.5 Å². The summed E-state index contributed by atoms with van der Waals surface area (Å²) in [5.41, 5.74) is 4.50. The summed E-state index contributed by atoms with van der Waals surface area (Å²) in [4.78, 5) is 33.0. The Morgan fingerprint density at radius 1 is 0.810 bits per heavy atom. The Labute approximate surface area is 249 Å². The number of fused-ring (bicyclic) bond motifs is 1. The first-order valence-electron chi connectivity index (χ1n) is 13.9. The van der Waals surface area contributed by atoms with Crippen LogP contribution < -0.4 is 14.8 Å². The van der Waals surface area contributed by atoms with E-state index < -0.39 is 5.97 Å². The van der Waals surface area contributed by atoms with Gasteiger partial charge in [0.2, 0.25) is 0 Å². The number of hydrogen-bond acceptors (Lipinski definition) is 7. The molecule has 42 heavy (non-hydrogen) atoms. The quantitative estimate of drug-likeness (QED) is 0.168. The van der Waals surface area contributed by atoms with Crippen molar-refractivity contribution in [1.82, 2.24) is 4.98 Å². The second-order valence-corrected chi connectivity index (χ2v) is 10.6. The van der Waals surface area contributed by atoms with E-state index in [9.17, 15) is 9.59 Å². The van der Waals surface area contributed by atoms with E-state index in [1.54, 1.807) is 13.0 Å². The van der Waals surface area contributed by atoms with Crippen LogP contribution in [0.1, 0.15) is 46.4 Å². The molecule has 0 saturated heterocycles. The molecule has 2 aromatic heterocycles. The number of aryl methyl sites for hydroxylation is 1. The number of para-hydroxylation sites is 1. The molecule has 1 amide bonds. The van der Waals surface area contributed by atoms with Crippen molar-refractivity contribution in [1.29, 1.82) is 0 Å². The number of amides is 1. The van der Waals surface area contributed by atoms with Gasteiger partial charge in [-0.2, -0.15) is 0 Å². The number of thiophene rings is 1. The molecule has 0 saturated carbocycles. The third kappa shape index (κ3) is 5.99. The van der Waals surface area contributed by atoms with E-state index in [1.807, 2.05) is 93.6 Å². The largest absolute Gasteiger partial charge is 0.494 e. The fourth-order valence-electron chi connectivity index (χ4n) is 4.86. The molecule has 1 N–H and O–H groups in total. The highest BCUT2D eigenvalue weighted by Crippen LogP contribution is 2.41. The van der Waals surface area contributed by atoms with Gasteiger partial charge in [0.25, 0.3) is 5.91 Å². The van der Waals surface area contributed by atoms with E-state index in [0.717, 1.165) is 33.1 Å². The average Bonchev–Trinajstić information content (AvgIpc) is 3.32. The number of benzene rings is 3. The van der Waals surface area contributed by atoms with Crippen LogP contribution in [0.25, 0.3) is 33.3 Å². The molecule has 0 radical (unpaired) electrons. The molecule has 5 rings (SSSR count). The molecule has 0 aliphatic heterocycles. The minimum Gasteiger partial charge on any atom is -0.494 e. The lowest BCUT2D eigenvalue weighted by atomic mass is 10.0. The second kappa shape index (κ2) is 12.9. The molecule has 3 aromatic carbocycles. The van der Waals surface area contributed by atoms with E-state index >= 15 is 0 Å². The van der Waals surface area contributed by atoms with Crippen LogP contribution in [0.5, 0.6) is 11.5 Å². The lowest BCUT2D eigenvalue weighted by Gasteiger charge is -2.12. The minimum atomic E-state index is -0.492. The number of pyridine rings is 1. The molecule has 0 fully saturated rings. The molecule has 214 valence electrons. The topological polar surface area (TPSA) is 86.8 Å². The number of nitrogens with one attached hydrogen (secondary N) is 1. The summed E-state index contributed by atoms with van der Waals surface area (Å²) in [5.74, 6) is 0.633. The van der Waals surface area contributed by atoms with Crippen LogP contribution in [0.15, 0.2) is 78.9 Å². The SMILES string of the molecule is CCOC(=O)c1c(NC(=O)c2cc(-c3cccc(OCC)c3)nc3ccccc23)sc(C)c1-c1ccc(OCC)cc1. The van der Waals surface area contributed by atoms with Crippen LogP contribution in [-0.4, -0.2) is 36.7 Å². The molecule has 0 aliphatic rings. The molecule has 0 aliphatic carbocycles. The Kier molecular flexibility index (Phi) is 8.83. The summed E-state index contributed by atoms with van der Waals surface area (Å²) < 4.78 is 16.7. The van der Waals surface area contributed by atoms with E-state index in [4.69, 9.17) is 19.2 Å². The van der Waals surface area contributed by atoms with Gasteiger partial charge in [-0.3, -0.25) is 4.79 Å². The van der Waals surface area contributed by atoms with Crippen molar-refractivity contribution in [2.75, 3.05) is 25.1 Å². The Hall–Kier alpha value is -4.69. The minimum absolute atomic E-state index is 0.211. The van der Waals surface area contributed by atoms with Gasteiger partial charge in [-0.25, -0.2) is 9.78 Å². The molecule has 5 aromatic rings. The Bertz CT molecular complexity index is 1740. The molecule has 0 unspecified atom stereocenters. The normalized spacial score (nSPS) is 10.9. The fraction of sp³-hybridized carbons (Fsp3) is 0.206. The van der Waals surface area contributed by atoms with Gasteiger partial charge in [0, 0.05) is 21.4 Å². The molecule has 2 heterocycles. The predicted molar refractivity (Wildman–Crippen MR) is 168 cm³/mol. The highest BCUT2D eigenvalue weighted by atomic mass is 32.1. The van der Waals surface area contributed by atoms with Crippen LogP contribution in [0.3, 0.4) is 0 Å². The maximum Gasteiger partial charge on any atom is 0.341 e. The number of aromatic nitrogens is 1.